The zero-order valence-electron chi connectivity index (χ0n) is 9.44. The number of fused-ring (bicyclic) bond motifs is 2. The highest BCUT2D eigenvalue weighted by Gasteiger charge is 2.70. The fraction of sp³-hybridized carbons (Fsp3) is 0.538. The van der Waals surface area contributed by atoms with Gasteiger partial charge in [-0.15, -0.1) is 0 Å². The van der Waals surface area contributed by atoms with E-state index < -0.39 is 16.2 Å². The monoisotopic (exact) mass is 222 g/mol. The van der Waals surface area contributed by atoms with Crippen LogP contribution < -0.4 is 0 Å². The molecule has 2 bridgehead atoms. The first-order valence-electron chi connectivity index (χ1n) is 5.40. The Kier molecular flexibility index (Phi) is 2.04. The largest absolute Gasteiger partial charge is 0.196 e. The second kappa shape index (κ2) is 3.10. The Labute approximate surface area is 100.0 Å². The molecule has 17 heavy (non-hydrogen) atoms. The van der Waals surface area contributed by atoms with E-state index >= 15 is 0 Å². The summed E-state index contributed by atoms with van der Waals surface area (Å²) >= 11 is 0. The van der Waals surface area contributed by atoms with E-state index in [1.54, 1.807) is 6.92 Å². The van der Waals surface area contributed by atoms with Crippen molar-refractivity contribution in [2.24, 2.45) is 22.2 Å². The number of hydrogen-bond donors (Lipinski definition) is 0. The molecule has 3 aliphatic carbocycles. The van der Waals surface area contributed by atoms with Gasteiger partial charge in [-0.05, 0) is 12.8 Å². The Morgan fingerprint density at radius 3 is 1.94 bits per heavy atom. The maximum absolute atomic E-state index is 9.42. The maximum atomic E-state index is 9.42. The molecule has 0 aliphatic heterocycles. The lowest BCUT2D eigenvalue weighted by Crippen LogP contribution is -2.58. The highest BCUT2D eigenvalue weighted by atomic mass is 14.7. The lowest BCUT2D eigenvalue weighted by molar-refractivity contribution is 0.0205. The Bertz CT molecular complexity index is 532. The molecule has 4 heteroatoms. The summed E-state index contributed by atoms with van der Waals surface area (Å²) in [5.41, 5.74) is -3.82. The minimum Gasteiger partial charge on any atom is -0.196 e. The van der Waals surface area contributed by atoms with Crippen LogP contribution in [0.1, 0.15) is 19.8 Å². The van der Waals surface area contributed by atoms with Gasteiger partial charge in [0, 0.05) is 11.3 Å². The van der Waals surface area contributed by atoms with Crippen molar-refractivity contribution in [3.63, 3.8) is 0 Å². The molecule has 4 nitrogen and oxygen atoms in total. The number of nitriles is 4. The zero-order chi connectivity index (χ0) is 12.7. The molecule has 1 fully saturated rings. The molecule has 0 N–H and O–H groups in total. The van der Waals surface area contributed by atoms with E-state index in [2.05, 4.69) is 0 Å². The Balaban J connectivity index is 2.85. The molecular weight excluding hydrogens is 212 g/mol. The van der Waals surface area contributed by atoms with Crippen LogP contribution >= 0.6 is 0 Å². The van der Waals surface area contributed by atoms with Crippen LogP contribution in [-0.4, -0.2) is 0 Å². The molecule has 0 spiro atoms. The van der Waals surface area contributed by atoms with E-state index in [0.717, 1.165) is 0 Å². The van der Waals surface area contributed by atoms with Crippen LogP contribution in [0.2, 0.25) is 0 Å². The first kappa shape index (κ1) is 11.2. The minimum atomic E-state index is -1.57. The van der Waals surface area contributed by atoms with E-state index in [1.807, 2.05) is 36.4 Å². The van der Waals surface area contributed by atoms with Gasteiger partial charge in [-0.2, -0.15) is 21.0 Å². The third kappa shape index (κ3) is 0.898. The predicted molar refractivity (Wildman–Crippen MR) is 57.3 cm³/mol. The molecule has 0 radical (unpaired) electrons. The molecule has 0 aromatic rings. The summed E-state index contributed by atoms with van der Waals surface area (Å²) in [5, 5.41) is 37.6. The molecule has 2 atom stereocenters. The highest BCUT2D eigenvalue weighted by molar-refractivity contribution is 5.46. The van der Waals surface area contributed by atoms with Gasteiger partial charge in [-0.25, -0.2) is 0 Å². The fourth-order valence-corrected chi connectivity index (χ4v) is 3.18. The van der Waals surface area contributed by atoms with Crippen molar-refractivity contribution in [2.75, 3.05) is 0 Å². The van der Waals surface area contributed by atoms with Crippen molar-refractivity contribution < 1.29 is 0 Å². The summed E-state index contributed by atoms with van der Waals surface area (Å²) in [5.74, 6) is -0.321. The van der Waals surface area contributed by atoms with Gasteiger partial charge in [0.2, 0.25) is 0 Å². The SMILES string of the molecule is CC12C=CC(CC1)C(C#N)(C#N)C2(C#N)C#N. The molecule has 0 saturated heterocycles. The maximum Gasteiger partial charge on any atom is 0.184 e. The first-order chi connectivity index (χ1) is 8.05. The average Bonchev–Trinajstić information content (AvgIpc) is 2.38. The topological polar surface area (TPSA) is 95.2 Å². The van der Waals surface area contributed by atoms with Crippen LogP contribution in [0, 0.1) is 67.5 Å². The molecule has 1 saturated carbocycles. The zero-order valence-corrected chi connectivity index (χ0v) is 9.44. The highest BCUT2D eigenvalue weighted by Crippen LogP contribution is 2.65. The summed E-state index contributed by atoms with van der Waals surface area (Å²) < 4.78 is 0. The van der Waals surface area contributed by atoms with Gasteiger partial charge in [0.1, 0.15) is 0 Å². The Morgan fingerprint density at radius 2 is 1.65 bits per heavy atom. The Morgan fingerprint density at radius 1 is 1.06 bits per heavy atom. The second-order valence-corrected chi connectivity index (χ2v) is 4.93. The van der Waals surface area contributed by atoms with Gasteiger partial charge in [0.15, 0.2) is 10.8 Å². The van der Waals surface area contributed by atoms with Crippen molar-refractivity contribution in [1.82, 2.24) is 0 Å². The van der Waals surface area contributed by atoms with Crippen LogP contribution in [0.3, 0.4) is 0 Å². The second-order valence-electron chi connectivity index (χ2n) is 4.93. The van der Waals surface area contributed by atoms with E-state index in [1.165, 1.54) is 0 Å². The summed E-state index contributed by atoms with van der Waals surface area (Å²) in [7, 11) is 0. The van der Waals surface area contributed by atoms with E-state index in [9.17, 15) is 21.0 Å². The van der Waals surface area contributed by atoms with Crippen molar-refractivity contribution >= 4 is 0 Å². The average molecular weight is 222 g/mol. The molecule has 0 amide bonds. The smallest absolute Gasteiger partial charge is 0.184 e. The summed E-state index contributed by atoms with van der Waals surface area (Å²) in [6.45, 7) is 1.79. The van der Waals surface area contributed by atoms with Crippen LogP contribution in [0.5, 0.6) is 0 Å². The van der Waals surface area contributed by atoms with Crippen LogP contribution in [-0.2, 0) is 0 Å². The van der Waals surface area contributed by atoms with Gasteiger partial charge in [0.25, 0.3) is 0 Å². The standard InChI is InChI=1S/C13H10N4/c1-11-4-2-10(3-5-11)12(6-14,7-15)13(11,8-16)9-17/h2,4,10H,3,5H2,1H3. The molecule has 0 heterocycles. The molecule has 82 valence electrons. The molecule has 3 rings (SSSR count). The van der Waals surface area contributed by atoms with Crippen molar-refractivity contribution in [3.05, 3.63) is 12.2 Å². The lowest BCUT2D eigenvalue weighted by Gasteiger charge is -2.54. The molecule has 0 aromatic carbocycles. The van der Waals surface area contributed by atoms with Gasteiger partial charge in [-0.3, -0.25) is 0 Å². The first-order valence-corrected chi connectivity index (χ1v) is 5.40. The van der Waals surface area contributed by atoms with Gasteiger partial charge < -0.3 is 0 Å². The van der Waals surface area contributed by atoms with Crippen LogP contribution in [0.25, 0.3) is 0 Å². The van der Waals surface area contributed by atoms with E-state index in [0.29, 0.717) is 12.8 Å². The summed E-state index contributed by atoms with van der Waals surface area (Å²) in [6, 6.07) is 7.87. The van der Waals surface area contributed by atoms with Crippen molar-refractivity contribution in [3.8, 4) is 24.3 Å². The quantitative estimate of drug-likeness (QED) is 0.586. The number of hydrogen-bond acceptors (Lipinski definition) is 4. The van der Waals surface area contributed by atoms with Crippen LogP contribution in [0.15, 0.2) is 12.2 Å². The number of allylic oxidation sites excluding steroid dienone is 2. The van der Waals surface area contributed by atoms with Crippen molar-refractivity contribution in [1.29, 1.82) is 21.0 Å². The molecular formula is C13H10N4. The molecule has 2 unspecified atom stereocenters. The molecule has 3 aliphatic rings. The van der Waals surface area contributed by atoms with E-state index in [4.69, 9.17) is 0 Å². The van der Waals surface area contributed by atoms with Gasteiger partial charge in [0.05, 0.1) is 24.3 Å². The Hall–Kier alpha value is -2.30. The van der Waals surface area contributed by atoms with Gasteiger partial charge >= 0.3 is 0 Å². The molecule has 0 aromatic heterocycles. The fourth-order valence-electron chi connectivity index (χ4n) is 3.18. The van der Waals surface area contributed by atoms with Crippen LogP contribution in [0.4, 0.5) is 0 Å². The summed E-state index contributed by atoms with van der Waals surface area (Å²) in [6.07, 6.45) is 5.00. The van der Waals surface area contributed by atoms with E-state index in [-0.39, 0.29) is 5.92 Å². The number of nitrogens with zero attached hydrogens (tertiary/aromatic N) is 4. The van der Waals surface area contributed by atoms with Gasteiger partial charge in [-0.1, -0.05) is 19.1 Å². The van der Waals surface area contributed by atoms with Crippen molar-refractivity contribution in [2.45, 2.75) is 19.8 Å². The predicted octanol–water partition coefficient (Wildman–Crippen LogP) is 2.04. The number of rotatable bonds is 0. The lowest BCUT2D eigenvalue weighted by atomic mass is 9.41. The minimum absolute atomic E-state index is 0.321. The summed E-state index contributed by atoms with van der Waals surface area (Å²) in [4.78, 5) is 0. The third-order valence-electron chi connectivity index (χ3n) is 4.36. The third-order valence-corrected chi connectivity index (χ3v) is 4.36. The normalized spacial score (nSPS) is 35.0.